The summed E-state index contributed by atoms with van der Waals surface area (Å²) in [6.07, 6.45) is 0.703. The summed E-state index contributed by atoms with van der Waals surface area (Å²) in [5, 5.41) is 2.63. The molecule has 1 aliphatic heterocycles. The minimum atomic E-state index is -0.696. The first-order chi connectivity index (χ1) is 12.2. The highest BCUT2D eigenvalue weighted by Crippen LogP contribution is 2.25. The van der Waals surface area contributed by atoms with Crippen LogP contribution in [0, 0.1) is 0 Å². The monoisotopic (exact) mass is 362 g/mol. The van der Waals surface area contributed by atoms with Crippen LogP contribution in [-0.4, -0.2) is 54.2 Å². The third kappa shape index (κ3) is 5.21. The number of esters is 1. The summed E-state index contributed by atoms with van der Waals surface area (Å²) in [5.74, 6) is -0.793. The molecule has 0 spiro atoms. The number of nitrogens with zero attached hydrogens (tertiary/aromatic N) is 1. The van der Waals surface area contributed by atoms with E-state index in [1.54, 1.807) is 20.8 Å². The van der Waals surface area contributed by atoms with E-state index in [0.717, 1.165) is 12.0 Å². The fourth-order valence-corrected chi connectivity index (χ4v) is 2.88. The van der Waals surface area contributed by atoms with Crippen molar-refractivity contribution in [3.8, 4) is 0 Å². The van der Waals surface area contributed by atoms with Crippen molar-refractivity contribution in [3.63, 3.8) is 0 Å². The van der Waals surface area contributed by atoms with Crippen molar-refractivity contribution in [1.82, 2.24) is 10.2 Å². The molecule has 1 heterocycles. The van der Waals surface area contributed by atoms with E-state index in [0.29, 0.717) is 6.42 Å². The topological polar surface area (TPSA) is 84.9 Å². The van der Waals surface area contributed by atoms with Gasteiger partial charge in [0, 0.05) is 0 Å². The molecule has 26 heavy (non-hydrogen) atoms. The zero-order chi connectivity index (χ0) is 19.3. The van der Waals surface area contributed by atoms with Crippen molar-refractivity contribution < 1.29 is 23.9 Å². The molecule has 2 amide bonds. The second-order valence-corrected chi connectivity index (χ2v) is 7.26. The molecule has 2 atom stereocenters. The van der Waals surface area contributed by atoms with E-state index in [4.69, 9.17) is 4.74 Å². The fraction of sp³-hybridized carbons (Fsp3) is 0.526. The third-order valence-electron chi connectivity index (χ3n) is 4.11. The Morgan fingerprint density at radius 3 is 2.42 bits per heavy atom. The van der Waals surface area contributed by atoms with E-state index in [9.17, 15) is 14.4 Å². The van der Waals surface area contributed by atoms with E-state index in [1.807, 2.05) is 30.3 Å². The molecule has 1 aromatic carbocycles. The van der Waals surface area contributed by atoms with Crippen LogP contribution in [0.25, 0.3) is 0 Å². The van der Waals surface area contributed by atoms with Gasteiger partial charge in [-0.2, -0.15) is 0 Å². The predicted molar refractivity (Wildman–Crippen MR) is 95.4 cm³/mol. The molecule has 7 heteroatoms. The minimum absolute atomic E-state index is 0.124. The van der Waals surface area contributed by atoms with Gasteiger partial charge in [-0.3, -0.25) is 9.59 Å². The van der Waals surface area contributed by atoms with Gasteiger partial charge in [-0.15, -0.1) is 0 Å². The predicted octanol–water partition coefficient (Wildman–Crippen LogP) is 1.90. The molecule has 0 saturated carbocycles. The number of methoxy groups -OCH3 is 1. The molecule has 2 rings (SSSR count). The van der Waals surface area contributed by atoms with Gasteiger partial charge in [-0.1, -0.05) is 30.3 Å². The molecule has 7 nitrogen and oxygen atoms in total. The molecule has 1 aromatic rings. The fourth-order valence-electron chi connectivity index (χ4n) is 2.88. The number of alkyl carbamates (subject to hydrolysis) is 1. The Bertz CT molecular complexity index is 654. The van der Waals surface area contributed by atoms with Gasteiger partial charge in [-0.25, -0.2) is 4.79 Å². The molecule has 0 radical (unpaired) electrons. The zero-order valence-electron chi connectivity index (χ0n) is 15.7. The highest BCUT2D eigenvalue weighted by Gasteiger charge is 2.48. The highest BCUT2D eigenvalue weighted by molar-refractivity contribution is 5.94. The second kappa shape index (κ2) is 8.21. The maximum atomic E-state index is 12.4. The molecule has 1 saturated heterocycles. The molecule has 1 N–H and O–H groups in total. The minimum Gasteiger partial charge on any atom is -0.468 e. The van der Waals surface area contributed by atoms with Crippen LogP contribution < -0.4 is 5.32 Å². The van der Waals surface area contributed by atoms with Crippen LogP contribution in [0.3, 0.4) is 0 Å². The normalized spacial score (nSPS) is 19.5. The molecule has 1 fully saturated rings. The van der Waals surface area contributed by atoms with Crippen LogP contribution in [0.1, 0.15) is 32.8 Å². The Kier molecular flexibility index (Phi) is 6.23. The summed E-state index contributed by atoms with van der Waals surface area (Å²) in [5.41, 5.74) is 0.475. The number of aryl methyl sites for hydroxylation is 1. The number of hydrogen-bond acceptors (Lipinski definition) is 5. The highest BCUT2D eigenvalue weighted by atomic mass is 16.6. The van der Waals surface area contributed by atoms with Crippen LogP contribution in [-0.2, 0) is 25.5 Å². The molecular weight excluding hydrogens is 336 g/mol. The number of likely N-dealkylation sites (tertiary alicyclic amines) is 1. The molecule has 0 aliphatic carbocycles. The lowest BCUT2D eigenvalue weighted by Crippen LogP contribution is -2.71. The van der Waals surface area contributed by atoms with Crippen LogP contribution in [0.15, 0.2) is 30.3 Å². The van der Waals surface area contributed by atoms with Gasteiger partial charge < -0.3 is 19.7 Å². The van der Waals surface area contributed by atoms with Crippen LogP contribution in [0.2, 0.25) is 0 Å². The summed E-state index contributed by atoms with van der Waals surface area (Å²) >= 11 is 0. The number of amides is 2. The van der Waals surface area contributed by atoms with E-state index in [1.165, 1.54) is 12.0 Å². The number of carbonyl (C=O) groups excluding carboxylic acids is 3. The molecule has 0 aromatic heterocycles. The second-order valence-electron chi connectivity index (χ2n) is 7.26. The summed E-state index contributed by atoms with van der Waals surface area (Å²) in [6, 6.07) is 8.86. The maximum absolute atomic E-state index is 12.4. The first-order valence-electron chi connectivity index (χ1n) is 8.62. The molecular formula is C19H26N2O5. The van der Waals surface area contributed by atoms with E-state index in [-0.39, 0.29) is 18.5 Å². The van der Waals surface area contributed by atoms with E-state index < -0.39 is 23.7 Å². The zero-order valence-corrected chi connectivity index (χ0v) is 15.7. The van der Waals surface area contributed by atoms with Gasteiger partial charge in [-0.05, 0) is 39.2 Å². The van der Waals surface area contributed by atoms with E-state index >= 15 is 0 Å². The standard InChI is InChI=1S/C19H26N2O5/c1-19(2,3)26-18(24)20-16-14(11-10-13-8-6-5-7-9-13)21(17(16)23)12-15(22)25-4/h5-9,14,16H,10-12H2,1-4H3,(H,20,24)/t14-,16+/m1/s1. The van der Waals surface area contributed by atoms with Crippen LogP contribution >= 0.6 is 0 Å². The van der Waals surface area contributed by atoms with Crippen molar-refractivity contribution in [3.05, 3.63) is 35.9 Å². The molecule has 0 bridgehead atoms. The van der Waals surface area contributed by atoms with Crippen molar-refractivity contribution in [2.75, 3.05) is 13.7 Å². The van der Waals surface area contributed by atoms with Crippen molar-refractivity contribution in [2.45, 2.75) is 51.3 Å². The van der Waals surface area contributed by atoms with Crippen LogP contribution in [0.5, 0.6) is 0 Å². The van der Waals surface area contributed by atoms with Gasteiger partial charge in [0.2, 0.25) is 5.91 Å². The largest absolute Gasteiger partial charge is 0.468 e. The first-order valence-corrected chi connectivity index (χ1v) is 8.62. The van der Waals surface area contributed by atoms with E-state index in [2.05, 4.69) is 10.1 Å². The maximum Gasteiger partial charge on any atom is 0.408 e. The number of β-lactam (4-membered cyclic amide) rings is 1. The lowest BCUT2D eigenvalue weighted by molar-refractivity contribution is -0.160. The number of benzene rings is 1. The molecule has 1 aliphatic rings. The first kappa shape index (κ1) is 19.8. The Balaban J connectivity index is 2.03. The van der Waals surface area contributed by atoms with Crippen molar-refractivity contribution >= 4 is 18.0 Å². The van der Waals surface area contributed by atoms with Gasteiger partial charge in [0.25, 0.3) is 0 Å². The molecule has 142 valence electrons. The Morgan fingerprint density at radius 1 is 1.19 bits per heavy atom. The quantitative estimate of drug-likeness (QED) is 0.617. The smallest absolute Gasteiger partial charge is 0.408 e. The number of carbonyl (C=O) groups is 3. The summed E-state index contributed by atoms with van der Waals surface area (Å²) in [6.45, 7) is 5.14. The van der Waals surface area contributed by atoms with Gasteiger partial charge in [0.15, 0.2) is 0 Å². The summed E-state index contributed by atoms with van der Waals surface area (Å²) in [4.78, 5) is 37.4. The van der Waals surface area contributed by atoms with Crippen molar-refractivity contribution in [1.29, 1.82) is 0 Å². The number of ether oxygens (including phenoxy) is 2. The number of rotatable bonds is 6. The average Bonchev–Trinajstić information content (AvgIpc) is 2.58. The van der Waals surface area contributed by atoms with Gasteiger partial charge in [0.1, 0.15) is 18.2 Å². The Hall–Kier alpha value is -2.57. The number of hydrogen-bond donors (Lipinski definition) is 1. The lowest BCUT2D eigenvalue weighted by atomic mass is 9.89. The SMILES string of the molecule is COC(=O)CN1C(=O)[C@@H](NC(=O)OC(C)(C)C)[C@H]1CCc1ccccc1. The third-order valence-corrected chi connectivity index (χ3v) is 4.11. The Labute approximate surface area is 153 Å². The van der Waals surface area contributed by atoms with Gasteiger partial charge in [0.05, 0.1) is 13.2 Å². The summed E-state index contributed by atoms with van der Waals surface area (Å²) in [7, 11) is 1.28. The average molecular weight is 362 g/mol. The number of nitrogens with one attached hydrogen (secondary N) is 1. The van der Waals surface area contributed by atoms with Crippen molar-refractivity contribution in [2.24, 2.45) is 0 Å². The van der Waals surface area contributed by atoms with Gasteiger partial charge >= 0.3 is 12.1 Å². The Morgan fingerprint density at radius 2 is 1.85 bits per heavy atom. The molecule has 0 unspecified atom stereocenters. The summed E-state index contributed by atoms with van der Waals surface area (Å²) < 4.78 is 9.88. The lowest BCUT2D eigenvalue weighted by Gasteiger charge is -2.46. The van der Waals surface area contributed by atoms with Crippen LogP contribution in [0.4, 0.5) is 4.79 Å².